The Morgan fingerprint density at radius 1 is 0.840 bits per heavy atom. The summed E-state index contributed by atoms with van der Waals surface area (Å²) in [5, 5.41) is 1.58. The summed E-state index contributed by atoms with van der Waals surface area (Å²) in [5.74, 6) is -0.388. The van der Waals surface area contributed by atoms with Crippen molar-refractivity contribution in [2.24, 2.45) is 0 Å². The summed E-state index contributed by atoms with van der Waals surface area (Å²) >= 11 is 0. The smallest absolute Gasteiger partial charge is 0.410 e. The van der Waals surface area contributed by atoms with Crippen LogP contribution in [-0.4, -0.2) is 48.2 Å². The molecule has 0 N–H and O–H groups in total. The first-order valence-corrected chi connectivity index (χ1v) is 8.20. The lowest BCUT2D eigenvalue weighted by Gasteiger charge is -2.32. The predicted octanol–water partition coefficient (Wildman–Crippen LogP) is 2.71. The summed E-state index contributed by atoms with van der Waals surface area (Å²) < 4.78 is 5.31. The number of hydrogen-bond acceptors (Lipinski definition) is 5. The molecule has 2 aromatic carbocycles. The second-order valence-electron chi connectivity index (χ2n) is 5.70. The highest BCUT2D eigenvalue weighted by Crippen LogP contribution is 2.09. The van der Waals surface area contributed by atoms with E-state index in [-0.39, 0.29) is 18.7 Å². The van der Waals surface area contributed by atoms with E-state index in [1.165, 1.54) is 0 Å². The zero-order chi connectivity index (χ0) is 17.5. The minimum absolute atomic E-state index is 0.253. The molecule has 1 aliphatic heterocycles. The Balaban J connectivity index is 1.42. The van der Waals surface area contributed by atoms with Crippen LogP contribution >= 0.6 is 0 Å². The van der Waals surface area contributed by atoms with Crippen LogP contribution in [0.5, 0.6) is 0 Å². The van der Waals surface area contributed by atoms with Crippen molar-refractivity contribution < 1.29 is 19.2 Å². The fourth-order valence-corrected chi connectivity index (χ4v) is 2.52. The minimum Gasteiger partial charge on any atom is -0.445 e. The third-order valence-electron chi connectivity index (χ3n) is 3.92. The van der Waals surface area contributed by atoms with E-state index in [0.29, 0.717) is 31.7 Å². The Hall–Kier alpha value is -2.86. The van der Waals surface area contributed by atoms with E-state index < -0.39 is 0 Å². The molecule has 0 bridgehead atoms. The largest absolute Gasteiger partial charge is 0.445 e. The maximum atomic E-state index is 12.1. The molecule has 6 heteroatoms. The lowest BCUT2D eigenvalue weighted by molar-refractivity contribution is -0.127. The Bertz CT molecular complexity index is 698. The molecule has 25 heavy (non-hydrogen) atoms. The van der Waals surface area contributed by atoms with Crippen LogP contribution in [0.4, 0.5) is 4.79 Å². The first-order valence-electron chi connectivity index (χ1n) is 8.20. The number of hydrogen-bond donors (Lipinski definition) is 0. The molecule has 0 aliphatic carbocycles. The molecule has 3 rings (SSSR count). The van der Waals surface area contributed by atoms with Crippen molar-refractivity contribution in [2.75, 3.05) is 26.2 Å². The van der Waals surface area contributed by atoms with E-state index in [1.54, 1.807) is 34.2 Å². The standard InChI is InChI=1S/C19H20N2O4/c22-18(17-9-5-2-6-10-17)25-21-13-11-20(12-14-21)19(23)24-15-16-7-3-1-4-8-16/h1-10H,11-15H2. The number of benzene rings is 2. The van der Waals surface area contributed by atoms with Gasteiger partial charge in [-0.05, 0) is 17.7 Å². The van der Waals surface area contributed by atoms with Gasteiger partial charge in [0.05, 0.1) is 18.7 Å². The fourth-order valence-electron chi connectivity index (χ4n) is 2.52. The molecule has 0 radical (unpaired) electrons. The molecular formula is C19H20N2O4. The number of nitrogens with zero attached hydrogens (tertiary/aromatic N) is 2. The molecule has 1 fully saturated rings. The van der Waals surface area contributed by atoms with Gasteiger partial charge in [0.1, 0.15) is 6.61 Å². The molecule has 6 nitrogen and oxygen atoms in total. The normalized spacial score (nSPS) is 14.8. The summed E-state index contributed by atoms with van der Waals surface area (Å²) in [7, 11) is 0. The van der Waals surface area contributed by atoms with Crippen LogP contribution in [0.15, 0.2) is 60.7 Å². The summed E-state index contributed by atoms with van der Waals surface area (Å²) in [5.41, 5.74) is 1.46. The van der Waals surface area contributed by atoms with Gasteiger partial charge < -0.3 is 14.5 Å². The average Bonchev–Trinajstić information content (AvgIpc) is 2.68. The van der Waals surface area contributed by atoms with Gasteiger partial charge in [0.15, 0.2) is 0 Å². The van der Waals surface area contributed by atoms with E-state index >= 15 is 0 Å². The van der Waals surface area contributed by atoms with Crippen molar-refractivity contribution >= 4 is 12.1 Å². The summed E-state index contributed by atoms with van der Waals surface area (Å²) in [6, 6.07) is 18.4. The van der Waals surface area contributed by atoms with Crippen LogP contribution in [0.25, 0.3) is 0 Å². The highest BCUT2D eigenvalue weighted by molar-refractivity contribution is 5.89. The van der Waals surface area contributed by atoms with Crippen molar-refractivity contribution in [1.29, 1.82) is 0 Å². The van der Waals surface area contributed by atoms with Gasteiger partial charge >= 0.3 is 12.1 Å². The minimum atomic E-state index is -0.388. The zero-order valence-electron chi connectivity index (χ0n) is 13.8. The first-order chi connectivity index (χ1) is 12.2. The summed E-state index contributed by atoms with van der Waals surface area (Å²) in [4.78, 5) is 31.1. The van der Waals surface area contributed by atoms with Crippen LogP contribution < -0.4 is 0 Å². The van der Waals surface area contributed by atoms with Crippen molar-refractivity contribution in [3.8, 4) is 0 Å². The topological polar surface area (TPSA) is 59.1 Å². The molecular weight excluding hydrogens is 320 g/mol. The van der Waals surface area contributed by atoms with E-state index in [0.717, 1.165) is 5.56 Å². The lowest BCUT2D eigenvalue weighted by atomic mass is 10.2. The van der Waals surface area contributed by atoms with E-state index in [2.05, 4.69) is 0 Å². The van der Waals surface area contributed by atoms with Crippen molar-refractivity contribution in [1.82, 2.24) is 9.96 Å². The molecule has 0 atom stereocenters. The number of amides is 1. The number of carbonyl (C=O) groups is 2. The van der Waals surface area contributed by atoms with Gasteiger partial charge in [-0.3, -0.25) is 0 Å². The molecule has 1 heterocycles. The summed E-state index contributed by atoms with van der Waals surface area (Å²) in [6.45, 7) is 2.08. The SMILES string of the molecule is O=C(ON1CCN(C(=O)OCc2ccccc2)CC1)c1ccccc1. The first kappa shape index (κ1) is 17.0. The molecule has 2 aromatic rings. The zero-order valence-corrected chi connectivity index (χ0v) is 13.8. The quantitative estimate of drug-likeness (QED) is 0.856. The number of hydroxylamine groups is 2. The molecule has 0 aromatic heterocycles. The molecule has 0 unspecified atom stereocenters. The van der Waals surface area contributed by atoms with Crippen LogP contribution in [0.1, 0.15) is 15.9 Å². The van der Waals surface area contributed by atoms with E-state index in [9.17, 15) is 9.59 Å². The Morgan fingerprint density at radius 3 is 2.08 bits per heavy atom. The lowest BCUT2D eigenvalue weighted by Crippen LogP contribution is -2.49. The van der Waals surface area contributed by atoms with Crippen molar-refractivity contribution in [2.45, 2.75) is 6.61 Å². The van der Waals surface area contributed by atoms with E-state index in [1.807, 2.05) is 36.4 Å². The Kier molecular flexibility index (Phi) is 5.64. The number of ether oxygens (including phenoxy) is 1. The monoisotopic (exact) mass is 340 g/mol. The van der Waals surface area contributed by atoms with Gasteiger partial charge in [-0.15, -0.1) is 5.06 Å². The van der Waals surface area contributed by atoms with Gasteiger partial charge in [-0.2, -0.15) is 0 Å². The number of piperazine rings is 1. The highest BCUT2D eigenvalue weighted by atomic mass is 16.7. The predicted molar refractivity (Wildman–Crippen MR) is 91.6 cm³/mol. The van der Waals surface area contributed by atoms with Gasteiger partial charge in [0.25, 0.3) is 0 Å². The van der Waals surface area contributed by atoms with Crippen LogP contribution in [0.3, 0.4) is 0 Å². The Labute approximate surface area is 146 Å². The molecule has 0 saturated carbocycles. The Morgan fingerprint density at radius 2 is 1.44 bits per heavy atom. The highest BCUT2D eigenvalue weighted by Gasteiger charge is 2.24. The van der Waals surface area contributed by atoms with Gasteiger partial charge in [-0.25, -0.2) is 9.59 Å². The summed E-state index contributed by atoms with van der Waals surface area (Å²) in [6.07, 6.45) is -0.349. The molecule has 0 spiro atoms. The molecule has 1 amide bonds. The van der Waals surface area contributed by atoms with Crippen LogP contribution in [0, 0.1) is 0 Å². The average molecular weight is 340 g/mol. The second kappa shape index (κ2) is 8.30. The van der Waals surface area contributed by atoms with Crippen LogP contribution in [-0.2, 0) is 16.2 Å². The van der Waals surface area contributed by atoms with Crippen molar-refractivity contribution in [3.63, 3.8) is 0 Å². The third kappa shape index (κ3) is 4.81. The van der Waals surface area contributed by atoms with Gasteiger partial charge in [0, 0.05) is 13.1 Å². The molecule has 1 saturated heterocycles. The number of rotatable bonds is 4. The van der Waals surface area contributed by atoms with Gasteiger partial charge in [-0.1, -0.05) is 48.5 Å². The molecule has 1 aliphatic rings. The van der Waals surface area contributed by atoms with Crippen molar-refractivity contribution in [3.05, 3.63) is 71.8 Å². The van der Waals surface area contributed by atoms with E-state index in [4.69, 9.17) is 9.57 Å². The third-order valence-corrected chi connectivity index (χ3v) is 3.92. The fraction of sp³-hybridized carbons (Fsp3) is 0.263. The second-order valence-corrected chi connectivity index (χ2v) is 5.70. The number of carbonyl (C=O) groups excluding carboxylic acids is 2. The van der Waals surface area contributed by atoms with Gasteiger partial charge in [0.2, 0.25) is 0 Å². The maximum Gasteiger partial charge on any atom is 0.410 e. The maximum absolute atomic E-state index is 12.1. The molecule has 130 valence electrons. The van der Waals surface area contributed by atoms with Crippen LogP contribution in [0.2, 0.25) is 0 Å².